The number of imide groups is 1. The molecule has 69 heavy (non-hydrogen) atoms. The Hall–Kier alpha value is -6.82. The average Bonchev–Trinajstić information content (AvgIpc) is 3.62. The van der Waals surface area contributed by atoms with Crippen LogP contribution in [-0.2, 0) is 18.7 Å². The second-order valence-corrected chi connectivity index (χ2v) is 23.9. The van der Waals surface area contributed by atoms with E-state index in [1.165, 1.54) is 4.90 Å². The topological polar surface area (TPSA) is 108 Å². The van der Waals surface area contributed by atoms with Gasteiger partial charge in [0.25, 0.3) is 8.32 Å². The second-order valence-electron chi connectivity index (χ2n) is 19.6. The van der Waals surface area contributed by atoms with Crippen LogP contribution >= 0.6 is 0 Å². The van der Waals surface area contributed by atoms with E-state index in [-0.39, 0.29) is 35.5 Å². The minimum atomic E-state index is -3.06. The van der Waals surface area contributed by atoms with E-state index in [4.69, 9.17) is 9.08 Å². The number of carbonyl (C=O) groups is 2. The lowest BCUT2D eigenvalue weighted by Crippen LogP contribution is -2.66. The van der Waals surface area contributed by atoms with E-state index in [0.29, 0.717) is 24.9 Å². The normalized spacial score (nSPS) is 19.7. The van der Waals surface area contributed by atoms with Crippen LogP contribution in [0.5, 0.6) is 5.75 Å². The van der Waals surface area contributed by atoms with Gasteiger partial charge in [-0.25, -0.2) is 0 Å². The van der Waals surface area contributed by atoms with Gasteiger partial charge in [0.05, 0.1) is 30.2 Å². The summed E-state index contributed by atoms with van der Waals surface area (Å²) < 4.78 is 14.3. The van der Waals surface area contributed by atoms with Crippen LogP contribution in [0, 0.1) is 17.8 Å². The molecule has 10 rings (SSSR count). The van der Waals surface area contributed by atoms with Crippen LogP contribution in [-0.4, -0.2) is 50.1 Å². The summed E-state index contributed by atoms with van der Waals surface area (Å²) in [6.07, 6.45) is 3.21. The number of phenolic OH excluding ortho intramolecular Hbond substituents is 1. The average molecular weight is 929 g/mol. The summed E-state index contributed by atoms with van der Waals surface area (Å²) in [7, 11) is -4.21. The molecule has 7 aromatic rings. The lowest BCUT2D eigenvalue weighted by atomic mass is 9.58. The minimum absolute atomic E-state index is 0.184. The van der Waals surface area contributed by atoms with Crippen LogP contribution in [0.15, 0.2) is 193 Å². The van der Waals surface area contributed by atoms with Crippen molar-refractivity contribution < 1.29 is 28.8 Å². The molecule has 2 aliphatic heterocycles. The molecule has 0 bridgehead atoms. The number of benzene rings is 7. The third-order valence-corrected chi connectivity index (χ3v) is 19.4. The van der Waals surface area contributed by atoms with Crippen LogP contribution in [0.3, 0.4) is 0 Å². The number of fused-ring (bicyclic) bond motifs is 4. The second kappa shape index (κ2) is 19.3. The van der Waals surface area contributed by atoms with Gasteiger partial charge in [0.2, 0.25) is 11.8 Å². The molecule has 3 N–H and O–H groups in total. The fraction of sp³-hybridized carbons (Fsp3) is 0.220. The highest BCUT2D eigenvalue weighted by Crippen LogP contribution is 2.52. The number of anilines is 3. The minimum Gasteiger partial charge on any atom is -0.507 e. The Bertz CT molecular complexity index is 2990. The fourth-order valence-corrected chi connectivity index (χ4v) is 15.9. The van der Waals surface area contributed by atoms with Crippen molar-refractivity contribution in [2.75, 3.05) is 16.8 Å². The largest absolute Gasteiger partial charge is 0.507 e. The van der Waals surface area contributed by atoms with Crippen molar-refractivity contribution >= 4 is 77.1 Å². The maximum Gasteiger partial charge on any atom is 0.455 e. The number of nitrogens with one attached hydrogen (secondary N) is 1. The van der Waals surface area contributed by atoms with Crippen molar-refractivity contribution in [3.05, 3.63) is 204 Å². The van der Waals surface area contributed by atoms with Crippen LogP contribution in [0.1, 0.15) is 51.2 Å². The van der Waals surface area contributed by atoms with Crippen molar-refractivity contribution in [2.24, 2.45) is 17.8 Å². The lowest BCUT2D eigenvalue weighted by Gasteiger charge is -2.46. The Balaban J connectivity index is 1.05. The first kappa shape index (κ1) is 45.9. The first-order valence-electron chi connectivity index (χ1n) is 24.1. The number of hydrogen-bond acceptors (Lipinski definition) is 7. The predicted octanol–water partition coefficient (Wildman–Crippen LogP) is 11.2. The summed E-state index contributed by atoms with van der Waals surface area (Å²) in [5.74, 6) is -2.03. The van der Waals surface area contributed by atoms with Gasteiger partial charge in [-0.05, 0) is 123 Å². The molecule has 2 fully saturated rings. The molecule has 3 aliphatic rings. The van der Waals surface area contributed by atoms with Crippen molar-refractivity contribution in [1.82, 2.24) is 0 Å². The number of phenols is 1. The van der Waals surface area contributed by atoms with Gasteiger partial charge in [-0.1, -0.05) is 166 Å². The highest BCUT2D eigenvalue weighted by molar-refractivity contribution is 6.99. The standard InChI is InChI=1S/C59H57BN2O6Si/c1-59(2,3)69(47-22-12-6-13-23-47,48-24-14-7-15-25-48)67-39-43-37-51-56(58(65)62(57(51)64)46-32-30-45(31-33-46)61-44-20-10-5-11-21-44)52-38-60(66)68-54(55(43)52)35-29-41(40-18-8-4-9-19-40)36-42-28-34-53(63)50-27-17-16-26-49(42)50/h4-28,30-34,36,51-52,54,56,61,63,66H,29,35,37-39H2,1-3H3/b41-36-/t51-,52+,54-,56-/m1/s1. The van der Waals surface area contributed by atoms with E-state index in [2.05, 4.69) is 92.8 Å². The molecule has 8 nitrogen and oxygen atoms in total. The zero-order valence-corrected chi connectivity index (χ0v) is 40.3. The van der Waals surface area contributed by atoms with Gasteiger partial charge in [0.15, 0.2) is 0 Å². The van der Waals surface area contributed by atoms with Crippen LogP contribution in [0.25, 0.3) is 22.4 Å². The quantitative estimate of drug-likeness (QED) is 0.0457. The molecule has 0 unspecified atom stereocenters. The molecule has 2 heterocycles. The number of amides is 2. The summed E-state index contributed by atoms with van der Waals surface area (Å²) in [5.41, 5.74) is 7.31. The van der Waals surface area contributed by atoms with E-state index in [1.807, 2.05) is 115 Å². The summed E-state index contributed by atoms with van der Waals surface area (Å²) in [6.45, 7) is 7.00. The van der Waals surface area contributed by atoms with E-state index < -0.39 is 39.3 Å². The maximum atomic E-state index is 15.0. The van der Waals surface area contributed by atoms with Crippen molar-refractivity contribution in [3.8, 4) is 5.75 Å². The van der Waals surface area contributed by atoms with Crippen molar-refractivity contribution in [2.45, 2.75) is 57.5 Å². The van der Waals surface area contributed by atoms with Gasteiger partial charge in [-0.2, -0.15) is 0 Å². The van der Waals surface area contributed by atoms with Gasteiger partial charge in [0, 0.05) is 16.8 Å². The number of allylic oxidation sites excluding steroid dienone is 1. The highest BCUT2D eigenvalue weighted by Gasteiger charge is 2.58. The van der Waals surface area contributed by atoms with E-state index in [1.54, 1.807) is 6.07 Å². The van der Waals surface area contributed by atoms with Crippen LogP contribution in [0.2, 0.25) is 11.4 Å². The molecule has 0 spiro atoms. The molecule has 10 heteroatoms. The van der Waals surface area contributed by atoms with E-state index in [9.17, 15) is 19.7 Å². The van der Waals surface area contributed by atoms with Gasteiger partial charge in [-0.3, -0.25) is 14.5 Å². The van der Waals surface area contributed by atoms with E-state index in [0.717, 1.165) is 60.4 Å². The maximum absolute atomic E-state index is 15.0. The zero-order valence-electron chi connectivity index (χ0n) is 39.3. The summed E-state index contributed by atoms with van der Waals surface area (Å²) in [4.78, 5) is 31.3. The highest BCUT2D eigenvalue weighted by atomic mass is 28.4. The van der Waals surface area contributed by atoms with Crippen molar-refractivity contribution in [3.63, 3.8) is 0 Å². The third-order valence-electron chi connectivity index (χ3n) is 14.5. The third kappa shape index (κ3) is 8.90. The number of aromatic hydroxyl groups is 1. The number of hydrogen-bond donors (Lipinski definition) is 3. The molecule has 7 aromatic carbocycles. The van der Waals surface area contributed by atoms with Crippen LogP contribution < -0.4 is 20.6 Å². The molecule has 2 saturated heterocycles. The molecule has 0 aromatic heterocycles. The number of para-hydroxylation sites is 1. The first-order chi connectivity index (χ1) is 33.5. The number of carbonyl (C=O) groups excluding carboxylic acids is 2. The molecular formula is C59H57BN2O6Si. The molecule has 0 radical (unpaired) electrons. The lowest BCUT2D eigenvalue weighted by molar-refractivity contribution is -0.122. The van der Waals surface area contributed by atoms with Crippen molar-refractivity contribution in [1.29, 1.82) is 0 Å². The smallest absolute Gasteiger partial charge is 0.455 e. The van der Waals surface area contributed by atoms with Gasteiger partial charge in [0.1, 0.15) is 5.75 Å². The molecule has 4 atom stereocenters. The molecule has 2 amide bonds. The Morgan fingerprint density at radius 2 is 1.30 bits per heavy atom. The predicted molar refractivity (Wildman–Crippen MR) is 281 cm³/mol. The molecule has 1 aliphatic carbocycles. The SMILES string of the molecule is CC(C)(C)[Si](OCC1=C2[C@@H](CC/C(=C/c3ccc(O)c4ccccc34)c3ccccc3)OB(O)C[C@@H]2[C@@H]2C(=O)N(c3ccc(Nc4ccccc4)cc3)C(=O)[C@@H]2C1)(c1ccccc1)c1ccccc1. The molecular weight excluding hydrogens is 872 g/mol. The van der Waals surface area contributed by atoms with E-state index >= 15 is 0 Å². The number of rotatable bonds is 13. The Kier molecular flexibility index (Phi) is 12.8. The first-order valence-corrected chi connectivity index (χ1v) is 26.0. The molecule has 346 valence electrons. The van der Waals surface area contributed by atoms with Gasteiger partial charge >= 0.3 is 7.12 Å². The van der Waals surface area contributed by atoms with Gasteiger partial charge < -0.3 is 24.5 Å². The Labute approximate surface area is 406 Å². The van der Waals surface area contributed by atoms with Crippen LogP contribution in [0.4, 0.5) is 17.1 Å². The monoisotopic (exact) mass is 928 g/mol. The number of nitrogens with zero attached hydrogens (tertiary/aromatic N) is 1. The summed E-state index contributed by atoms with van der Waals surface area (Å²) >= 11 is 0. The fourth-order valence-electron chi connectivity index (χ4n) is 11.3. The summed E-state index contributed by atoms with van der Waals surface area (Å²) in [6, 6.07) is 60.2. The molecule has 0 saturated carbocycles. The zero-order chi connectivity index (χ0) is 47.7. The Morgan fingerprint density at radius 3 is 1.94 bits per heavy atom. The van der Waals surface area contributed by atoms with Gasteiger partial charge in [-0.15, -0.1) is 0 Å². The summed E-state index contributed by atoms with van der Waals surface area (Å²) in [5, 5.41) is 29.6. The Morgan fingerprint density at radius 1 is 0.725 bits per heavy atom.